The van der Waals surface area contributed by atoms with Crippen LogP contribution in [-0.4, -0.2) is 31.5 Å². The molecule has 0 spiro atoms. The van der Waals surface area contributed by atoms with Gasteiger partial charge in [0.1, 0.15) is 5.75 Å². The van der Waals surface area contributed by atoms with Crippen LogP contribution < -0.4 is 4.18 Å². The molecule has 1 amide bonds. The van der Waals surface area contributed by atoms with Crippen LogP contribution in [0.3, 0.4) is 0 Å². The second-order valence-electron chi connectivity index (χ2n) is 5.60. The maximum Gasteiger partial charge on any atom is 0.306 e. The van der Waals surface area contributed by atoms with Crippen molar-refractivity contribution in [1.82, 2.24) is 4.90 Å². The number of rotatable bonds is 7. The Kier molecular flexibility index (Phi) is 6.01. The molecule has 130 valence electrons. The van der Waals surface area contributed by atoms with Crippen molar-refractivity contribution in [3.05, 3.63) is 52.2 Å². The third-order valence-electron chi connectivity index (χ3n) is 3.64. The van der Waals surface area contributed by atoms with Crippen LogP contribution in [0.4, 0.5) is 0 Å². The SMILES string of the molecule is CC[C@H](C)N(Cc1ccc(OS(C)(=O)=O)cc1)C(=O)c1cccs1. The number of carbonyl (C=O) groups excluding carboxylic acids is 1. The minimum atomic E-state index is -3.54. The summed E-state index contributed by atoms with van der Waals surface area (Å²) >= 11 is 1.43. The Hall–Kier alpha value is -1.86. The second kappa shape index (κ2) is 7.81. The molecule has 0 fully saturated rings. The van der Waals surface area contributed by atoms with Gasteiger partial charge in [-0.15, -0.1) is 11.3 Å². The highest BCUT2D eigenvalue weighted by Gasteiger charge is 2.21. The molecule has 2 aromatic rings. The molecule has 1 atom stereocenters. The summed E-state index contributed by atoms with van der Waals surface area (Å²) in [6, 6.07) is 10.5. The average molecular weight is 367 g/mol. The van der Waals surface area contributed by atoms with E-state index in [2.05, 4.69) is 0 Å². The van der Waals surface area contributed by atoms with Crippen molar-refractivity contribution < 1.29 is 17.4 Å². The van der Waals surface area contributed by atoms with Crippen LogP contribution in [0.25, 0.3) is 0 Å². The van der Waals surface area contributed by atoms with Crippen LogP contribution >= 0.6 is 11.3 Å². The van der Waals surface area contributed by atoms with Crippen molar-refractivity contribution in [3.8, 4) is 5.75 Å². The zero-order valence-corrected chi connectivity index (χ0v) is 15.6. The summed E-state index contributed by atoms with van der Waals surface area (Å²) in [7, 11) is -3.54. The monoisotopic (exact) mass is 367 g/mol. The molecule has 24 heavy (non-hydrogen) atoms. The van der Waals surface area contributed by atoms with Gasteiger partial charge in [-0.2, -0.15) is 8.42 Å². The molecule has 1 heterocycles. The molecule has 0 radical (unpaired) electrons. The third kappa shape index (κ3) is 5.07. The molecule has 0 saturated carbocycles. The lowest BCUT2D eigenvalue weighted by atomic mass is 10.1. The fourth-order valence-electron chi connectivity index (χ4n) is 2.21. The standard InChI is InChI=1S/C17H21NO4S2/c1-4-13(2)18(17(19)16-6-5-11-23-16)12-14-7-9-15(10-8-14)22-24(3,20)21/h5-11,13H,4,12H2,1-3H3/t13-/m0/s1. The minimum absolute atomic E-state index is 0.0100. The number of carbonyl (C=O) groups is 1. The largest absolute Gasteiger partial charge is 0.383 e. The first kappa shape index (κ1) is 18.5. The van der Waals surface area contributed by atoms with E-state index in [4.69, 9.17) is 4.18 Å². The van der Waals surface area contributed by atoms with Gasteiger partial charge in [0.25, 0.3) is 5.91 Å². The van der Waals surface area contributed by atoms with E-state index < -0.39 is 10.1 Å². The molecule has 7 heteroatoms. The molecule has 1 aromatic carbocycles. The summed E-state index contributed by atoms with van der Waals surface area (Å²) in [5.41, 5.74) is 0.918. The van der Waals surface area contributed by atoms with Gasteiger partial charge in [0, 0.05) is 12.6 Å². The van der Waals surface area contributed by atoms with Gasteiger partial charge in [0.05, 0.1) is 11.1 Å². The number of hydrogen-bond acceptors (Lipinski definition) is 5. The molecule has 5 nitrogen and oxygen atoms in total. The predicted molar refractivity (Wildman–Crippen MR) is 95.9 cm³/mol. The fraction of sp³-hybridized carbons (Fsp3) is 0.353. The Morgan fingerprint density at radius 1 is 1.25 bits per heavy atom. The Morgan fingerprint density at radius 2 is 1.92 bits per heavy atom. The first-order valence-electron chi connectivity index (χ1n) is 7.63. The number of amides is 1. The van der Waals surface area contributed by atoms with Crippen LogP contribution in [0.2, 0.25) is 0 Å². The first-order chi connectivity index (χ1) is 11.3. The van der Waals surface area contributed by atoms with Gasteiger partial charge in [-0.1, -0.05) is 25.1 Å². The highest BCUT2D eigenvalue weighted by atomic mass is 32.2. The van der Waals surface area contributed by atoms with E-state index in [1.54, 1.807) is 24.3 Å². The van der Waals surface area contributed by atoms with Gasteiger partial charge in [-0.25, -0.2) is 0 Å². The Morgan fingerprint density at radius 3 is 2.42 bits per heavy atom. The molecular formula is C17H21NO4S2. The van der Waals surface area contributed by atoms with E-state index in [0.717, 1.165) is 18.2 Å². The van der Waals surface area contributed by atoms with Crippen LogP contribution in [0.5, 0.6) is 5.75 Å². The number of hydrogen-bond donors (Lipinski definition) is 0. The summed E-state index contributed by atoms with van der Waals surface area (Å²) in [5.74, 6) is 0.275. The van der Waals surface area contributed by atoms with E-state index in [0.29, 0.717) is 11.4 Å². The number of nitrogens with zero attached hydrogens (tertiary/aromatic N) is 1. The molecule has 0 unspecified atom stereocenters. The van der Waals surface area contributed by atoms with Gasteiger partial charge >= 0.3 is 10.1 Å². The molecular weight excluding hydrogens is 346 g/mol. The fourth-order valence-corrected chi connectivity index (χ4v) is 3.35. The third-order valence-corrected chi connectivity index (χ3v) is 4.99. The van der Waals surface area contributed by atoms with Crippen molar-refractivity contribution in [2.24, 2.45) is 0 Å². The normalized spacial score (nSPS) is 12.6. The van der Waals surface area contributed by atoms with Gasteiger partial charge in [-0.05, 0) is 42.5 Å². The zero-order chi connectivity index (χ0) is 17.7. The highest BCUT2D eigenvalue weighted by Crippen LogP contribution is 2.20. The van der Waals surface area contributed by atoms with Crippen molar-refractivity contribution in [3.63, 3.8) is 0 Å². The first-order valence-corrected chi connectivity index (χ1v) is 10.3. The van der Waals surface area contributed by atoms with Crippen LogP contribution in [0, 0.1) is 0 Å². The molecule has 0 bridgehead atoms. The minimum Gasteiger partial charge on any atom is -0.383 e. The van der Waals surface area contributed by atoms with Crippen molar-refractivity contribution >= 4 is 27.4 Å². The van der Waals surface area contributed by atoms with Crippen LogP contribution in [0.15, 0.2) is 41.8 Å². The van der Waals surface area contributed by atoms with E-state index in [1.807, 2.05) is 36.3 Å². The maximum absolute atomic E-state index is 12.7. The van der Waals surface area contributed by atoms with Crippen molar-refractivity contribution in [2.45, 2.75) is 32.9 Å². The Balaban J connectivity index is 2.16. The molecule has 0 N–H and O–H groups in total. The summed E-state index contributed by atoms with van der Waals surface area (Å²) in [4.78, 5) is 15.2. The molecule has 2 rings (SSSR count). The average Bonchev–Trinajstić information content (AvgIpc) is 3.06. The lowest BCUT2D eigenvalue weighted by Gasteiger charge is -2.28. The predicted octanol–water partition coefficient (Wildman–Crippen LogP) is 3.53. The summed E-state index contributed by atoms with van der Waals surface area (Å²) < 4.78 is 27.1. The van der Waals surface area contributed by atoms with Gasteiger partial charge in [-0.3, -0.25) is 4.79 Å². The topological polar surface area (TPSA) is 63.7 Å². The lowest BCUT2D eigenvalue weighted by Crippen LogP contribution is -2.37. The molecule has 1 aromatic heterocycles. The second-order valence-corrected chi connectivity index (χ2v) is 8.12. The molecule has 0 aliphatic heterocycles. The Labute approximate surface area is 147 Å². The number of thiophene rings is 1. The molecule has 0 saturated heterocycles. The lowest BCUT2D eigenvalue weighted by molar-refractivity contribution is 0.0676. The number of benzene rings is 1. The smallest absolute Gasteiger partial charge is 0.306 e. The van der Waals surface area contributed by atoms with Crippen LogP contribution in [0.1, 0.15) is 35.5 Å². The summed E-state index contributed by atoms with van der Waals surface area (Å²) in [6.45, 7) is 4.53. The van der Waals surface area contributed by atoms with Gasteiger partial charge < -0.3 is 9.08 Å². The van der Waals surface area contributed by atoms with Crippen molar-refractivity contribution in [2.75, 3.05) is 6.26 Å². The van der Waals surface area contributed by atoms with Gasteiger partial charge in [0.2, 0.25) is 0 Å². The highest BCUT2D eigenvalue weighted by molar-refractivity contribution is 7.86. The van der Waals surface area contributed by atoms with E-state index in [-0.39, 0.29) is 17.7 Å². The van der Waals surface area contributed by atoms with Gasteiger partial charge in [0.15, 0.2) is 0 Å². The van der Waals surface area contributed by atoms with E-state index in [9.17, 15) is 13.2 Å². The maximum atomic E-state index is 12.7. The van der Waals surface area contributed by atoms with Crippen molar-refractivity contribution in [1.29, 1.82) is 0 Å². The molecule has 0 aliphatic carbocycles. The molecule has 0 aliphatic rings. The quantitative estimate of drug-likeness (QED) is 0.702. The zero-order valence-electron chi connectivity index (χ0n) is 13.9. The van der Waals surface area contributed by atoms with E-state index >= 15 is 0 Å². The summed E-state index contributed by atoms with van der Waals surface area (Å²) in [5, 5.41) is 1.89. The summed E-state index contributed by atoms with van der Waals surface area (Å²) in [6.07, 6.45) is 1.86. The van der Waals surface area contributed by atoms with Crippen LogP contribution in [-0.2, 0) is 16.7 Å². The Bertz CT molecular complexity index is 767. The van der Waals surface area contributed by atoms with E-state index in [1.165, 1.54) is 11.3 Å².